The van der Waals surface area contributed by atoms with E-state index in [2.05, 4.69) is 20.8 Å². The molecular formula is C13H26O5. The van der Waals surface area contributed by atoms with Gasteiger partial charge in [0.25, 0.3) is 0 Å². The molecule has 0 spiro atoms. The van der Waals surface area contributed by atoms with Crippen LogP contribution in [0.1, 0.15) is 33.6 Å². The van der Waals surface area contributed by atoms with Gasteiger partial charge in [-0.25, -0.2) is 0 Å². The predicted octanol–water partition coefficient (Wildman–Crippen LogP) is -0.0973. The van der Waals surface area contributed by atoms with Crippen molar-refractivity contribution in [3.8, 4) is 0 Å². The molecular weight excluding hydrogens is 236 g/mol. The Labute approximate surface area is 108 Å². The molecule has 0 aliphatic heterocycles. The number of aliphatic hydroxyl groups is 4. The van der Waals surface area contributed by atoms with Crippen LogP contribution in [0.5, 0.6) is 0 Å². The topological polar surface area (TPSA) is 90.2 Å². The lowest BCUT2D eigenvalue weighted by molar-refractivity contribution is -0.179. The van der Waals surface area contributed by atoms with Gasteiger partial charge in [-0.15, -0.1) is 0 Å². The lowest BCUT2D eigenvalue weighted by Gasteiger charge is -2.39. The first-order chi connectivity index (χ1) is 8.26. The van der Waals surface area contributed by atoms with Crippen molar-refractivity contribution in [3.63, 3.8) is 0 Å². The smallest absolute Gasteiger partial charge is 0.109 e. The molecule has 1 aliphatic carbocycles. The quantitative estimate of drug-likeness (QED) is 0.568. The van der Waals surface area contributed by atoms with E-state index in [1.165, 1.54) is 0 Å². The maximum Gasteiger partial charge on any atom is 0.109 e. The minimum atomic E-state index is -1.25. The normalized spacial score (nSPS) is 37.8. The van der Waals surface area contributed by atoms with E-state index in [9.17, 15) is 15.3 Å². The molecule has 5 unspecified atom stereocenters. The summed E-state index contributed by atoms with van der Waals surface area (Å²) in [5.41, 5.74) is 0.147. The number of hydrogen-bond acceptors (Lipinski definition) is 5. The maximum atomic E-state index is 9.83. The van der Waals surface area contributed by atoms with Gasteiger partial charge in [0.2, 0.25) is 0 Å². The zero-order chi connectivity index (χ0) is 13.9. The van der Waals surface area contributed by atoms with Crippen LogP contribution in [0.25, 0.3) is 0 Å². The van der Waals surface area contributed by atoms with Crippen LogP contribution in [0.3, 0.4) is 0 Å². The second-order valence-corrected chi connectivity index (χ2v) is 6.37. The summed E-state index contributed by atoms with van der Waals surface area (Å²) in [5.74, 6) is -0.442. The van der Waals surface area contributed by atoms with Crippen molar-refractivity contribution in [1.82, 2.24) is 0 Å². The number of rotatable bonds is 4. The lowest BCUT2D eigenvalue weighted by atomic mass is 9.81. The first-order valence-electron chi connectivity index (χ1n) is 6.53. The Morgan fingerprint density at radius 1 is 1.06 bits per heavy atom. The minimum absolute atomic E-state index is 0.147. The van der Waals surface area contributed by atoms with E-state index < -0.39 is 30.3 Å². The molecule has 0 aromatic heterocycles. The molecule has 5 nitrogen and oxygen atoms in total. The third-order valence-electron chi connectivity index (χ3n) is 3.52. The molecule has 0 aromatic rings. The highest BCUT2D eigenvalue weighted by Gasteiger charge is 2.42. The number of aliphatic hydroxyl groups excluding tert-OH is 4. The molecule has 108 valence electrons. The van der Waals surface area contributed by atoms with E-state index in [-0.39, 0.29) is 12.0 Å². The van der Waals surface area contributed by atoms with E-state index in [0.717, 1.165) is 6.42 Å². The fraction of sp³-hybridized carbons (Fsp3) is 1.00. The first-order valence-corrected chi connectivity index (χ1v) is 6.53. The molecule has 0 radical (unpaired) electrons. The van der Waals surface area contributed by atoms with Gasteiger partial charge in [-0.3, -0.25) is 0 Å². The average Bonchev–Trinajstić information content (AvgIpc) is 2.27. The van der Waals surface area contributed by atoms with E-state index in [1.807, 2.05) is 0 Å². The Balaban J connectivity index is 2.49. The predicted molar refractivity (Wildman–Crippen MR) is 67.0 cm³/mol. The highest BCUT2D eigenvalue weighted by atomic mass is 16.5. The molecule has 5 atom stereocenters. The van der Waals surface area contributed by atoms with Gasteiger partial charge in [-0.05, 0) is 18.3 Å². The largest absolute Gasteiger partial charge is 0.396 e. The van der Waals surface area contributed by atoms with Crippen LogP contribution in [0.15, 0.2) is 0 Å². The van der Waals surface area contributed by atoms with Gasteiger partial charge in [0, 0.05) is 19.1 Å². The van der Waals surface area contributed by atoms with Crippen molar-refractivity contribution in [3.05, 3.63) is 0 Å². The molecule has 1 saturated carbocycles. The lowest BCUT2D eigenvalue weighted by Crippen LogP contribution is -2.55. The zero-order valence-corrected chi connectivity index (χ0v) is 11.4. The summed E-state index contributed by atoms with van der Waals surface area (Å²) in [6.45, 7) is 6.57. The van der Waals surface area contributed by atoms with Crippen molar-refractivity contribution in [1.29, 1.82) is 0 Å². The fourth-order valence-corrected chi connectivity index (χ4v) is 2.14. The van der Waals surface area contributed by atoms with Gasteiger partial charge in [-0.2, -0.15) is 0 Å². The highest BCUT2D eigenvalue weighted by molar-refractivity contribution is 4.93. The Kier molecular flexibility index (Phi) is 5.55. The second-order valence-electron chi connectivity index (χ2n) is 6.37. The monoisotopic (exact) mass is 262 g/mol. The van der Waals surface area contributed by atoms with Crippen molar-refractivity contribution in [2.24, 2.45) is 11.3 Å². The van der Waals surface area contributed by atoms with Crippen LogP contribution in [-0.2, 0) is 4.74 Å². The van der Waals surface area contributed by atoms with E-state index in [0.29, 0.717) is 13.0 Å². The van der Waals surface area contributed by atoms with Crippen molar-refractivity contribution < 1.29 is 25.2 Å². The molecule has 0 bridgehead atoms. The minimum Gasteiger partial charge on any atom is -0.396 e. The molecule has 1 fully saturated rings. The SMILES string of the molecule is CC(C)(C)CCOC1CC(CO)C(O)C(O)C1O. The van der Waals surface area contributed by atoms with E-state index in [1.54, 1.807) is 0 Å². The van der Waals surface area contributed by atoms with Crippen LogP contribution >= 0.6 is 0 Å². The summed E-state index contributed by atoms with van der Waals surface area (Å²) >= 11 is 0. The Morgan fingerprint density at radius 2 is 1.67 bits per heavy atom. The fourth-order valence-electron chi connectivity index (χ4n) is 2.14. The number of ether oxygens (including phenoxy) is 1. The summed E-state index contributed by atoms with van der Waals surface area (Å²) in [4.78, 5) is 0. The second kappa shape index (κ2) is 6.30. The van der Waals surface area contributed by atoms with E-state index >= 15 is 0 Å². The Morgan fingerprint density at radius 3 is 2.17 bits per heavy atom. The maximum absolute atomic E-state index is 9.83. The number of hydrogen-bond donors (Lipinski definition) is 4. The van der Waals surface area contributed by atoms with Crippen molar-refractivity contribution in [2.45, 2.75) is 58.0 Å². The van der Waals surface area contributed by atoms with Gasteiger partial charge in [0.15, 0.2) is 0 Å². The molecule has 0 heterocycles. The molecule has 0 amide bonds. The van der Waals surface area contributed by atoms with Gasteiger partial charge >= 0.3 is 0 Å². The third-order valence-corrected chi connectivity index (χ3v) is 3.52. The van der Waals surface area contributed by atoms with Crippen LogP contribution in [0.4, 0.5) is 0 Å². The zero-order valence-electron chi connectivity index (χ0n) is 11.4. The van der Waals surface area contributed by atoms with Crippen LogP contribution in [0.2, 0.25) is 0 Å². The summed E-state index contributed by atoms with van der Waals surface area (Å²) in [6, 6.07) is 0. The molecule has 4 N–H and O–H groups in total. The van der Waals surface area contributed by atoms with Gasteiger partial charge in [-0.1, -0.05) is 20.8 Å². The van der Waals surface area contributed by atoms with Crippen LogP contribution < -0.4 is 0 Å². The average molecular weight is 262 g/mol. The Hall–Kier alpha value is -0.200. The summed E-state index contributed by atoms with van der Waals surface area (Å²) < 4.78 is 5.59. The molecule has 0 saturated heterocycles. The summed E-state index contributed by atoms with van der Waals surface area (Å²) in [6.07, 6.45) is -2.76. The molecule has 1 aliphatic rings. The van der Waals surface area contributed by atoms with Gasteiger partial charge in [0.05, 0.1) is 12.2 Å². The summed E-state index contributed by atoms with van der Waals surface area (Å²) in [5, 5.41) is 38.3. The van der Waals surface area contributed by atoms with Crippen LogP contribution in [-0.4, -0.2) is 58.1 Å². The van der Waals surface area contributed by atoms with Crippen molar-refractivity contribution in [2.75, 3.05) is 13.2 Å². The molecule has 0 aromatic carbocycles. The third kappa shape index (κ3) is 4.17. The van der Waals surface area contributed by atoms with Gasteiger partial charge in [0.1, 0.15) is 12.2 Å². The standard InChI is InChI=1S/C13H26O5/c1-13(2,3)4-5-18-9-6-8(7-14)10(15)12(17)11(9)16/h8-12,14-17H,4-7H2,1-3H3. The Bertz CT molecular complexity index is 248. The van der Waals surface area contributed by atoms with Gasteiger partial charge < -0.3 is 25.2 Å². The summed E-state index contributed by atoms with van der Waals surface area (Å²) in [7, 11) is 0. The highest BCUT2D eigenvalue weighted by Crippen LogP contribution is 2.28. The molecule has 1 rings (SSSR count). The van der Waals surface area contributed by atoms with Crippen LogP contribution in [0, 0.1) is 11.3 Å². The van der Waals surface area contributed by atoms with E-state index in [4.69, 9.17) is 9.84 Å². The van der Waals surface area contributed by atoms with Crippen molar-refractivity contribution >= 4 is 0 Å². The molecule has 18 heavy (non-hydrogen) atoms. The first kappa shape index (κ1) is 15.9. The molecule has 5 heteroatoms.